The molecular formula is C15H18N2OS. The number of allylic oxidation sites excluding steroid dienone is 1. The zero-order chi connectivity index (χ0) is 13.4. The lowest BCUT2D eigenvalue weighted by Crippen LogP contribution is -2.29. The highest BCUT2D eigenvalue weighted by Crippen LogP contribution is 2.29. The number of hydrogen-bond donors (Lipinski definition) is 0. The number of hydrogen-bond acceptors (Lipinski definition) is 2. The van der Waals surface area contributed by atoms with Gasteiger partial charge < -0.3 is 9.47 Å². The minimum Gasteiger partial charge on any atom is -0.337 e. The van der Waals surface area contributed by atoms with Crippen molar-refractivity contribution >= 4 is 27.5 Å². The second kappa shape index (κ2) is 4.85. The van der Waals surface area contributed by atoms with Crippen LogP contribution < -0.4 is 0 Å². The number of rotatable bonds is 3. The molecule has 0 N–H and O–H groups in total. The molecule has 1 saturated heterocycles. The van der Waals surface area contributed by atoms with E-state index in [0.717, 1.165) is 37.1 Å². The first-order chi connectivity index (χ1) is 9.20. The Labute approximate surface area is 117 Å². The standard InChI is InChI=1S/C15H18N2OS/c1-3-6-17-12-9-11(2)19-14(12)10-13(17)15(18)16-7-4-5-8-16/h3,9-10H,1,4-8H2,2H3. The summed E-state index contributed by atoms with van der Waals surface area (Å²) in [5, 5.41) is 0. The lowest BCUT2D eigenvalue weighted by Gasteiger charge is -2.16. The molecule has 3 rings (SSSR count). The molecule has 1 fully saturated rings. The molecule has 2 aromatic heterocycles. The molecule has 3 nitrogen and oxygen atoms in total. The van der Waals surface area contributed by atoms with Crippen molar-refractivity contribution in [3.8, 4) is 0 Å². The van der Waals surface area contributed by atoms with E-state index in [-0.39, 0.29) is 5.91 Å². The Morgan fingerprint density at radius 3 is 2.84 bits per heavy atom. The molecule has 0 bridgehead atoms. The quantitative estimate of drug-likeness (QED) is 0.787. The third-order valence-corrected chi connectivity index (χ3v) is 4.62. The van der Waals surface area contributed by atoms with E-state index in [9.17, 15) is 4.79 Å². The van der Waals surface area contributed by atoms with Crippen LogP contribution in [0.25, 0.3) is 10.2 Å². The predicted molar refractivity (Wildman–Crippen MR) is 79.9 cm³/mol. The summed E-state index contributed by atoms with van der Waals surface area (Å²) in [5.74, 6) is 0.167. The van der Waals surface area contributed by atoms with Crippen molar-refractivity contribution < 1.29 is 4.79 Å². The minimum atomic E-state index is 0.167. The van der Waals surface area contributed by atoms with Gasteiger partial charge in [0.05, 0.1) is 10.2 Å². The number of fused-ring (bicyclic) bond motifs is 1. The van der Waals surface area contributed by atoms with Crippen LogP contribution in [0.15, 0.2) is 24.8 Å². The van der Waals surface area contributed by atoms with Crippen molar-refractivity contribution in [1.29, 1.82) is 0 Å². The normalized spacial score (nSPS) is 15.3. The van der Waals surface area contributed by atoms with E-state index in [0.29, 0.717) is 6.54 Å². The number of aromatic nitrogens is 1. The van der Waals surface area contributed by atoms with Crippen LogP contribution >= 0.6 is 11.3 Å². The number of thiophene rings is 1. The highest BCUT2D eigenvalue weighted by atomic mass is 32.1. The minimum absolute atomic E-state index is 0.167. The maximum atomic E-state index is 12.6. The van der Waals surface area contributed by atoms with Gasteiger partial charge in [-0.15, -0.1) is 17.9 Å². The first-order valence-electron chi connectivity index (χ1n) is 6.70. The smallest absolute Gasteiger partial charge is 0.270 e. The second-order valence-electron chi connectivity index (χ2n) is 5.03. The fraction of sp³-hybridized carbons (Fsp3) is 0.400. The average Bonchev–Trinajstić information content (AvgIpc) is 3.06. The van der Waals surface area contributed by atoms with Gasteiger partial charge in [-0.25, -0.2) is 0 Å². The number of carbonyl (C=O) groups excluding carboxylic acids is 1. The van der Waals surface area contributed by atoms with Crippen LogP contribution in [-0.4, -0.2) is 28.5 Å². The zero-order valence-corrected chi connectivity index (χ0v) is 12.0. The van der Waals surface area contributed by atoms with Crippen LogP contribution in [0, 0.1) is 6.92 Å². The first kappa shape index (κ1) is 12.5. The van der Waals surface area contributed by atoms with Gasteiger partial charge in [0.2, 0.25) is 0 Å². The Balaban J connectivity index is 2.05. The van der Waals surface area contributed by atoms with E-state index in [1.807, 2.05) is 17.0 Å². The maximum Gasteiger partial charge on any atom is 0.270 e. The molecule has 1 aliphatic heterocycles. The highest BCUT2D eigenvalue weighted by molar-refractivity contribution is 7.19. The van der Waals surface area contributed by atoms with Crippen LogP contribution in [0.1, 0.15) is 28.2 Å². The molecule has 19 heavy (non-hydrogen) atoms. The van der Waals surface area contributed by atoms with Crippen molar-refractivity contribution in [3.05, 3.63) is 35.4 Å². The van der Waals surface area contributed by atoms with Gasteiger partial charge in [-0.1, -0.05) is 6.08 Å². The molecule has 0 aromatic carbocycles. The molecule has 2 aromatic rings. The van der Waals surface area contributed by atoms with Crippen molar-refractivity contribution in [1.82, 2.24) is 9.47 Å². The largest absolute Gasteiger partial charge is 0.337 e. The highest BCUT2D eigenvalue weighted by Gasteiger charge is 2.23. The predicted octanol–water partition coefficient (Wildman–Crippen LogP) is 3.43. The molecule has 0 spiro atoms. The van der Waals surface area contributed by atoms with Gasteiger partial charge in [-0.05, 0) is 31.9 Å². The van der Waals surface area contributed by atoms with Crippen molar-refractivity contribution in [3.63, 3.8) is 0 Å². The Morgan fingerprint density at radius 2 is 2.16 bits per heavy atom. The number of likely N-dealkylation sites (tertiary alicyclic amines) is 1. The van der Waals surface area contributed by atoms with E-state index < -0.39 is 0 Å². The van der Waals surface area contributed by atoms with E-state index in [2.05, 4.69) is 24.1 Å². The summed E-state index contributed by atoms with van der Waals surface area (Å²) in [6, 6.07) is 4.20. The third kappa shape index (κ3) is 2.10. The molecule has 100 valence electrons. The van der Waals surface area contributed by atoms with Gasteiger partial charge in [-0.2, -0.15) is 0 Å². The lowest BCUT2D eigenvalue weighted by atomic mass is 10.3. The molecule has 3 heterocycles. The second-order valence-corrected chi connectivity index (χ2v) is 6.32. The fourth-order valence-corrected chi connectivity index (χ4v) is 3.71. The summed E-state index contributed by atoms with van der Waals surface area (Å²) in [4.78, 5) is 15.8. The molecule has 1 amide bonds. The summed E-state index contributed by atoms with van der Waals surface area (Å²) in [7, 11) is 0. The van der Waals surface area contributed by atoms with Crippen LogP contribution in [-0.2, 0) is 6.54 Å². The van der Waals surface area contributed by atoms with Crippen LogP contribution in [0.3, 0.4) is 0 Å². The van der Waals surface area contributed by atoms with Gasteiger partial charge in [0.15, 0.2) is 0 Å². The number of carbonyl (C=O) groups is 1. The van der Waals surface area contributed by atoms with Crippen LogP contribution in [0.4, 0.5) is 0 Å². The summed E-state index contributed by atoms with van der Waals surface area (Å²) in [5.41, 5.74) is 1.97. The van der Waals surface area contributed by atoms with Gasteiger partial charge in [0, 0.05) is 24.5 Å². The molecule has 1 aliphatic rings. The number of amides is 1. The first-order valence-corrected chi connectivity index (χ1v) is 7.52. The molecular weight excluding hydrogens is 256 g/mol. The summed E-state index contributed by atoms with van der Waals surface area (Å²) in [6.45, 7) is 8.38. The zero-order valence-electron chi connectivity index (χ0n) is 11.2. The summed E-state index contributed by atoms with van der Waals surface area (Å²) >= 11 is 1.75. The van der Waals surface area contributed by atoms with E-state index in [1.54, 1.807) is 11.3 Å². The molecule has 4 heteroatoms. The average molecular weight is 274 g/mol. The molecule has 0 radical (unpaired) electrons. The Morgan fingerprint density at radius 1 is 1.42 bits per heavy atom. The molecule has 0 saturated carbocycles. The van der Waals surface area contributed by atoms with Gasteiger partial charge >= 0.3 is 0 Å². The van der Waals surface area contributed by atoms with E-state index in [1.165, 1.54) is 9.58 Å². The molecule has 0 unspecified atom stereocenters. The van der Waals surface area contributed by atoms with Gasteiger partial charge in [0.1, 0.15) is 5.69 Å². The Hall–Kier alpha value is -1.55. The third-order valence-electron chi connectivity index (χ3n) is 3.64. The monoisotopic (exact) mass is 274 g/mol. The van der Waals surface area contributed by atoms with Crippen molar-refractivity contribution in [2.45, 2.75) is 26.3 Å². The lowest BCUT2D eigenvalue weighted by molar-refractivity contribution is 0.0783. The summed E-state index contributed by atoms with van der Waals surface area (Å²) in [6.07, 6.45) is 4.11. The van der Waals surface area contributed by atoms with Crippen LogP contribution in [0.2, 0.25) is 0 Å². The number of nitrogens with zero attached hydrogens (tertiary/aromatic N) is 2. The van der Waals surface area contributed by atoms with Crippen molar-refractivity contribution in [2.75, 3.05) is 13.1 Å². The van der Waals surface area contributed by atoms with Gasteiger partial charge in [0.25, 0.3) is 5.91 Å². The van der Waals surface area contributed by atoms with E-state index in [4.69, 9.17) is 0 Å². The van der Waals surface area contributed by atoms with E-state index >= 15 is 0 Å². The topological polar surface area (TPSA) is 25.2 Å². The van der Waals surface area contributed by atoms with Gasteiger partial charge in [-0.3, -0.25) is 4.79 Å². The Bertz CT molecular complexity index is 632. The maximum absolute atomic E-state index is 12.6. The fourth-order valence-electron chi connectivity index (χ4n) is 2.75. The number of aryl methyl sites for hydroxylation is 1. The SMILES string of the molecule is C=CCn1c(C(=O)N2CCCC2)cc2sc(C)cc21. The van der Waals surface area contributed by atoms with Crippen molar-refractivity contribution in [2.24, 2.45) is 0 Å². The molecule has 0 atom stereocenters. The molecule has 0 aliphatic carbocycles. The summed E-state index contributed by atoms with van der Waals surface area (Å²) < 4.78 is 3.29. The Kier molecular flexibility index (Phi) is 3.19. The van der Waals surface area contributed by atoms with Crippen LogP contribution in [0.5, 0.6) is 0 Å².